The molecule has 3 rings (SSSR count). The molecule has 2 N–H and O–H groups in total. The fraction of sp³-hybridized carbons (Fsp3) is 0.136. The number of para-hydroxylation sites is 1. The number of amides is 2. The van der Waals surface area contributed by atoms with Gasteiger partial charge in [0.25, 0.3) is 11.8 Å². The van der Waals surface area contributed by atoms with E-state index in [4.69, 9.17) is 0 Å². The van der Waals surface area contributed by atoms with Crippen LogP contribution in [-0.2, 0) is 0 Å². The number of rotatable bonds is 4. The summed E-state index contributed by atoms with van der Waals surface area (Å²) in [6, 6.07) is 16.4. The molecule has 5 nitrogen and oxygen atoms in total. The number of nitrogens with one attached hydrogen (secondary N) is 2. The molecule has 0 saturated heterocycles. The fourth-order valence-electron chi connectivity index (χ4n) is 2.74. The lowest BCUT2D eigenvalue weighted by Crippen LogP contribution is -2.17. The predicted octanol–water partition coefficient (Wildman–Crippen LogP) is 4.51. The standard InChI is InChI=1S/C22H21N3O2/c1-14-8-9-19(16(3)12-14)24-21(26)17-10-11-23-20(13-17)22(27)25-18-7-5-4-6-15(18)2/h4-13H,1-3H3,(H,24,26)(H,25,27). The average molecular weight is 359 g/mol. The average Bonchev–Trinajstić information content (AvgIpc) is 2.66. The summed E-state index contributed by atoms with van der Waals surface area (Å²) in [5.41, 5.74) is 5.09. The van der Waals surface area contributed by atoms with Gasteiger partial charge in [-0.1, -0.05) is 35.9 Å². The first-order valence-electron chi connectivity index (χ1n) is 8.65. The van der Waals surface area contributed by atoms with Crippen molar-refractivity contribution in [2.45, 2.75) is 20.8 Å². The number of aromatic nitrogens is 1. The maximum absolute atomic E-state index is 12.6. The Kier molecular flexibility index (Phi) is 5.31. The molecule has 0 bridgehead atoms. The van der Waals surface area contributed by atoms with Crippen LogP contribution in [0.4, 0.5) is 11.4 Å². The minimum atomic E-state index is -0.356. The number of aryl methyl sites for hydroxylation is 3. The molecule has 27 heavy (non-hydrogen) atoms. The van der Waals surface area contributed by atoms with E-state index in [0.717, 1.165) is 28.1 Å². The van der Waals surface area contributed by atoms with Crippen LogP contribution in [0.25, 0.3) is 0 Å². The quantitative estimate of drug-likeness (QED) is 0.720. The zero-order valence-corrected chi connectivity index (χ0v) is 15.5. The van der Waals surface area contributed by atoms with Crippen molar-refractivity contribution in [3.63, 3.8) is 0 Å². The van der Waals surface area contributed by atoms with Gasteiger partial charge in [0, 0.05) is 23.1 Å². The zero-order valence-electron chi connectivity index (χ0n) is 15.5. The van der Waals surface area contributed by atoms with Crippen LogP contribution in [0, 0.1) is 20.8 Å². The van der Waals surface area contributed by atoms with Crippen LogP contribution < -0.4 is 10.6 Å². The van der Waals surface area contributed by atoms with Crippen LogP contribution in [-0.4, -0.2) is 16.8 Å². The number of pyridine rings is 1. The summed E-state index contributed by atoms with van der Waals surface area (Å²) in [4.78, 5) is 29.1. The second-order valence-corrected chi connectivity index (χ2v) is 6.47. The lowest BCUT2D eigenvalue weighted by Gasteiger charge is -2.10. The van der Waals surface area contributed by atoms with Crippen LogP contribution >= 0.6 is 0 Å². The molecule has 0 fully saturated rings. The minimum Gasteiger partial charge on any atom is -0.322 e. The highest BCUT2D eigenvalue weighted by molar-refractivity contribution is 6.08. The van der Waals surface area contributed by atoms with Gasteiger partial charge in [-0.2, -0.15) is 0 Å². The summed E-state index contributed by atoms with van der Waals surface area (Å²) in [7, 11) is 0. The predicted molar refractivity (Wildman–Crippen MR) is 107 cm³/mol. The summed E-state index contributed by atoms with van der Waals surface area (Å²) in [5, 5.41) is 5.70. The highest BCUT2D eigenvalue weighted by Gasteiger charge is 2.13. The lowest BCUT2D eigenvalue weighted by atomic mass is 10.1. The number of carbonyl (C=O) groups is 2. The maximum Gasteiger partial charge on any atom is 0.274 e. The molecule has 1 heterocycles. The van der Waals surface area contributed by atoms with Crippen molar-refractivity contribution in [1.29, 1.82) is 0 Å². The van der Waals surface area contributed by atoms with Gasteiger partial charge in [0.2, 0.25) is 0 Å². The summed E-state index contributed by atoms with van der Waals surface area (Å²) in [6.45, 7) is 5.86. The Labute approximate surface area is 158 Å². The molecular weight excluding hydrogens is 338 g/mol. The van der Waals surface area contributed by atoms with Gasteiger partial charge in [0.05, 0.1) is 0 Å². The van der Waals surface area contributed by atoms with E-state index in [-0.39, 0.29) is 17.5 Å². The van der Waals surface area contributed by atoms with Crippen molar-refractivity contribution in [2.24, 2.45) is 0 Å². The molecule has 0 aliphatic carbocycles. The lowest BCUT2D eigenvalue weighted by molar-refractivity contribution is 0.102. The Balaban J connectivity index is 1.77. The number of carbonyl (C=O) groups excluding carboxylic acids is 2. The molecule has 2 amide bonds. The van der Waals surface area contributed by atoms with Gasteiger partial charge < -0.3 is 10.6 Å². The molecule has 0 saturated carbocycles. The molecule has 1 aromatic heterocycles. The van der Waals surface area contributed by atoms with E-state index in [2.05, 4.69) is 15.6 Å². The highest BCUT2D eigenvalue weighted by atomic mass is 16.2. The normalized spacial score (nSPS) is 10.3. The summed E-state index contributed by atoms with van der Waals surface area (Å²) >= 11 is 0. The molecule has 0 aliphatic rings. The van der Waals surface area contributed by atoms with Gasteiger partial charge >= 0.3 is 0 Å². The van der Waals surface area contributed by atoms with Crippen molar-refractivity contribution >= 4 is 23.2 Å². The molecule has 2 aromatic carbocycles. The number of nitrogens with zero attached hydrogens (tertiary/aromatic N) is 1. The molecule has 0 spiro atoms. The van der Waals surface area contributed by atoms with E-state index in [1.807, 2.05) is 63.2 Å². The number of anilines is 2. The highest BCUT2D eigenvalue weighted by Crippen LogP contribution is 2.18. The van der Waals surface area contributed by atoms with E-state index in [1.54, 1.807) is 6.07 Å². The van der Waals surface area contributed by atoms with E-state index in [9.17, 15) is 9.59 Å². The molecular formula is C22H21N3O2. The van der Waals surface area contributed by atoms with Gasteiger partial charge in [-0.3, -0.25) is 14.6 Å². The Morgan fingerprint density at radius 3 is 2.22 bits per heavy atom. The van der Waals surface area contributed by atoms with Crippen LogP contribution in [0.3, 0.4) is 0 Å². The first-order chi connectivity index (χ1) is 12.9. The number of hydrogen-bond acceptors (Lipinski definition) is 3. The summed E-state index contributed by atoms with van der Waals surface area (Å²) in [5.74, 6) is -0.639. The third kappa shape index (κ3) is 4.39. The first kappa shape index (κ1) is 18.3. The van der Waals surface area contributed by atoms with Crippen molar-refractivity contribution in [1.82, 2.24) is 4.98 Å². The largest absolute Gasteiger partial charge is 0.322 e. The Hall–Kier alpha value is -3.47. The summed E-state index contributed by atoms with van der Waals surface area (Å²) < 4.78 is 0. The van der Waals surface area contributed by atoms with Crippen LogP contribution in [0.2, 0.25) is 0 Å². The van der Waals surface area contributed by atoms with Gasteiger partial charge in [0.1, 0.15) is 5.69 Å². The molecule has 0 atom stereocenters. The van der Waals surface area contributed by atoms with Crippen LogP contribution in [0.1, 0.15) is 37.5 Å². The van der Waals surface area contributed by atoms with E-state index < -0.39 is 0 Å². The van der Waals surface area contributed by atoms with Crippen molar-refractivity contribution in [3.8, 4) is 0 Å². The fourth-order valence-corrected chi connectivity index (χ4v) is 2.74. The molecule has 5 heteroatoms. The zero-order chi connectivity index (χ0) is 19.4. The molecule has 3 aromatic rings. The molecule has 0 radical (unpaired) electrons. The van der Waals surface area contributed by atoms with Gasteiger partial charge in [-0.25, -0.2) is 0 Å². The second kappa shape index (κ2) is 7.83. The SMILES string of the molecule is Cc1ccc(NC(=O)c2ccnc(C(=O)Nc3ccccc3C)c2)c(C)c1. The number of benzene rings is 2. The van der Waals surface area contributed by atoms with E-state index in [0.29, 0.717) is 5.56 Å². The Morgan fingerprint density at radius 1 is 0.778 bits per heavy atom. The summed E-state index contributed by atoms with van der Waals surface area (Å²) in [6.07, 6.45) is 1.46. The third-order valence-corrected chi connectivity index (χ3v) is 4.28. The topological polar surface area (TPSA) is 71.1 Å². The molecule has 136 valence electrons. The van der Waals surface area contributed by atoms with Gasteiger partial charge in [-0.05, 0) is 56.2 Å². The molecule has 0 unspecified atom stereocenters. The number of hydrogen-bond donors (Lipinski definition) is 2. The van der Waals surface area contributed by atoms with Crippen molar-refractivity contribution in [2.75, 3.05) is 10.6 Å². The third-order valence-electron chi connectivity index (χ3n) is 4.28. The Bertz CT molecular complexity index is 1010. The minimum absolute atomic E-state index is 0.187. The van der Waals surface area contributed by atoms with Gasteiger partial charge in [0.15, 0.2) is 0 Å². The maximum atomic E-state index is 12.6. The first-order valence-corrected chi connectivity index (χ1v) is 8.65. The van der Waals surface area contributed by atoms with E-state index in [1.165, 1.54) is 12.3 Å². The van der Waals surface area contributed by atoms with Crippen molar-refractivity contribution in [3.05, 3.63) is 88.7 Å². The van der Waals surface area contributed by atoms with Crippen LogP contribution in [0.15, 0.2) is 60.8 Å². The van der Waals surface area contributed by atoms with Gasteiger partial charge in [-0.15, -0.1) is 0 Å². The monoisotopic (exact) mass is 359 g/mol. The second-order valence-electron chi connectivity index (χ2n) is 6.47. The van der Waals surface area contributed by atoms with Crippen LogP contribution in [0.5, 0.6) is 0 Å². The van der Waals surface area contributed by atoms with Crippen molar-refractivity contribution < 1.29 is 9.59 Å². The Morgan fingerprint density at radius 2 is 1.48 bits per heavy atom. The smallest absolute Gasteiger partial charge is 0.274 e. The molecule has 0 aliphatic heterocycles. The van der Waals surface area contributed by atoms with E-state index >= 15 is 0 Å².